The van der Waals surface area contributed by atoms with E-state index in [9.17, 15) is 26.3 Å². The third-order valence-corrected chi connectivity index (χ3v) is 3.55. The highest BCUT2D eigenvalue weighted by Crippen LogP contribution is 2.25. The van der Waals surface area contributed by atoms with Crippen molar-refractivity contribution in [1.82, 2.24) is 0 Å². The molecular formula is C20H16F6O. The summed E-state index contributed by atoms with van der Waals surface area (Å²) in [6.45, 7) is 1.88. The Morgan fingerprint density at radius 2 is 1.48 bits per heavy atom. The maximum atomic E-state index is 14.0. The van der Waals surface area contributed by atoms with Gasteiger partial charge in [0.1, 0.15) is 11.6 Å². The van der Waals surface area contributed by atoms with Crippen LogP contribution in [0, 0.1) is 23.3 Å². The first-order valence-electron chi connectivity index (χ1n) is 8.08. The average Bonchev–Trinajstić information content (AvgIpc) is 2.56. The minimum atomic E-state index is -2.83. The Morgan fingerprint density at radius 3 is 2.00 bits per heavy atom. The van der Waals surface area contributed by atoms with E-state index in [0.717, 1.165) is 30.7 Å². The summed E-state index contributed by atoms with van der Waals surface area (Å²) in [6, 6.07) is 4.12. The largest absolute Gasteiger partial charge is 0.459 e. The maximum Gasteiger partial charge on any atom is 0.260 e. The standard InChI is InChI=1S/C20H16F6O/c1-2-3-12-8-15(21)14(16(22)9-12)5-4-13-10-17(23)20(18(24)11-13)27-7-6-19(25)26/h4-11,19H,2-3H2,1H3/b5-4+,7-6+. The molecule has 0 fully saturated rings. The Bertz CT molecular complexity index is 812. The molecular weight excluding hydrogens is 370 g/mol. The van der Waals surface area contributed by atoms with Crippen LogP contribution in [0.15, 0.2) is 36.6 Å². The molecule has 0 N–H and O–H groups in total. The van der Waals surface area contributed by atoms with Crippen molar-refractivity contribution < 1.29 is 31.1 Å². The fourth-order valence-corrected chi connectivity index (χ4v) is 2.36. The molecule has 27 heavy (non-hydrogen) atoms. The number of rotatable bonds is 7. The molecule has 144 valence electrons. The summed E-state index contributed by atoms with van der Waals surface area (Å²) in [7, 11) is 0. The summed E-state index contributed by atoms with van der Waals surface area (Å²) >= 11 is 0. The van der Waals surface area contributed by atoms with Gasteiger partial charge in [-0.3, -0.25) is 0 Å². The molecule has 2 aromatic carbocycles. The van der Waals surface area contributed by atoms with Crippen molar-refractivity contribution in [3.8, 4) is 5.75 Å². The zero-order valence-electron chi connectivity index (χ0n) is 14.3. The molecule has 0 unspecified atom stereocenters. The SMILES string of the molecule is CCCc1cc(F)c(/C=C/c2cc(F)c(O/C=C/C(F)F)c(F)c2)c(F)c1. The number of halogens is 6. The van der Waals surface area contributed by atoms with E-state index in [1.807, 2.05) is 6.92 Å². The molecule has 0 aliphatic heterocycles. The lowest BCUT2D eigenvalue weighted by Crippen LogP contribution is -1.95. The van der Waals surface area contributed by atoms with Gasteiger partial charge in [-0.15, -0.1) is 0 Å². The van der Waals surface area contributed by atoms with Crippen LogP contribution in [0.25, 0.3) is 12.2 Å². The van der Waals surface area contributed by atoms with Gasteiger partial charge in [0, 0.05) is 11.6 Å². The first-order valence-corrected chi connectivity index (χ1v) is 8.08. The van der Waals surface area contributed by atoms with Crippen LogP contribution in [-0.4, -0.2) is 6.43 Å². The van der Waals surface area contributed by atoms with Gasteiger partial charge in [0.15, 0.2) is 17.4 Å². The van der Waals surface area contributed by atoms with Crippen LogP contribution >= 0.6 is 0 Å². The molecule has 0 heterocycles. The van der Waals surface area contributed by atoms with Crippen molar-refractivity contribution in [2.24, 2.45) is 0 Å². The topological polar surface area (TPSA) is 9.23 Å². The van der Waals surface area contributed by atoms with E-state index in [4.69, 9.17) is 0 Å². The van der Waals surface area contributed by atoms with E-state index in [1.54, 1.807) is 0 Å². The summed E-state index contributed by atoms with van der Waals surface area (Å²) in [4.78, 5) is 0. The first-order chi connectivity index (χ1) is 12.8. The third-order valence-electron chi connectivity index (χ3n) is 3.55. The van der Waals surface area contributed by atoms with Crippen LogP contribution in [0.4, 0.5) is 26.3 Å². The number of aryl methyl sites for hydroxylation is 1. The molecule has 2 rings (SSSR count). The first kappa shape index (κ1) is 20.6. The minimum Gasteiger partial charge on any atom is -0.459 e. The van der Waals surface area contributed by atoms with Crippen molar-refractivity contribution in [1.29, 1.82) is 0 Å². The molecule has 0 bridgehead atoms. The molecule has 7 heteroatoms. The molecule has 0 saturated heterocycles. The fraction of sp³-hybridized carbons (Fsp3) is 0.200. The van der Waals surface area contributed by atoms with Crippen molar-refractivity contribution >= 4 is 12.2 Å². The van der Waals surface area contributed by atoms with E-state index in [1.165, 1.54) is 12.1 Å². The Hall–Kier alpha value is -2.70. The van der Waals surface area contributed by atoms with Crippen LogP contribution in [0.5, 0.6) is 5.75 Å². The zero-order valence-corrected chi connectivity index (χ0v) is 14.3. The number of allylic oxidation sites excluding steroid dienone is 1. The molecule has 0 radical (unpaired) electrons. The molecule has 0 spiro atoms. The normalized spacial score (nSPS) is 11.9. The second kappa shape index (κ2) is 9.30. The fourth-order valence-electron chi connectivity index (χ4n) is 2.36. The molecule has 0 aliphatic rings. The number of hydrogen-bond donors (Lipinski definition) is 0. The smallest absolute Gasteiger partial charge is 0.260 e. The van der Waals surface area contributed by atoms with Crippen molar-refractivity contribution in [3.05, 3.63) is 76.6 Å². The summed E-state index contributed by atoms with van der Waals surface area (Å²) in [5.74, 6) is -4.72. The van der Waals surface area contributed by atoms with Crippen LogP contribution in [-0.2, 0) is 6.42 Å². The van der Waals surface area contributed by atoms with Crippen LogP contribution in [0.3, 0.4) is 0 Å². The maximum absolute atomic E-state index is 14.0. The summed E-state index contributed by atoms with van der Waals surface area (Å²) in [5, 5.41) is 0. The van der Waals surface area contributed by atoms with Crippen molar-refractivity contribution in [2.45, 2.75) is 26.2 Å². The van der Waals surface area contributed by atoms with Gasteiger partial charge in [0.05, 0.1) is 6.26 Å². The molecule has 0 atom stereocenters. The zero-order chi connectivity index (χ0) is 20.0. The van der Waals surface area contributed by atoms with Gasteiger partial charge in [-0.25, -0.2) is 26.3 Å². The highest BCUT2D eigenvalue weighted by Gasteiger charge is 2.12. The molecule has 2 aromatic rings. The van der Waals surface area contributed by atoms with Gasteiger partial charge in [0.25, 0.3) is 6.43 Å². The molecule has 0 amide bonds. The van der Waals surface area contributed by atoms with Crippen LogP contribution in [0.1, 0.15) is 30.0 Å². The van der Waals surface area contributed by atoms with Gasteiger partial charge in [-0.2, -0.15) is 0 Å². The van der Waals surface area contributed by atoms with Gasteiger partial charge < -0.3 is 4.74 Å². The van der Waals surface area contributed by atoms with E-state index < -0.39 is 35.4 Å². The van der Waals surface area contributed by atoms with Crippen LogP contribution < -0.4 is 4.74 Å². The van der Waals surface area contributed by atoms with Crippen LogP contribution in [0.2, 0.25) is 0 Å². The quantitative estimate of drug-likeness (QED) is 0.299. The lowest BCUT2D eigenvalue weighted by Gasteiger charge is -2.06. The third kappa shape index (κ3) is 5.64. The Morgan fingerprint density at radius 1 is 0.889 bits per heavy atom. The van der Waals surface area contributed by atoms with E-state index in [0.29, 0.717) is 24.3 Å². The average molecular weight is 386 g/mol. The molecule has 0 saturated carbocycles. The molecule has 1 nitrogen and oxygen atoms in total. The second-order valence-corrected chi connectivity index (χ2v) is 5.65. The Kier molecular flexibility index (Phi) is 7.10. The van der Waals surface area contributed by atoms with Crippen molar-refractivity contribution in [2.75, 3.05) is 0 Å². The molecule has 0 aliphatic carbocycles. The van der Waals surface area contributed by atoms with Gasteiger partial charge in [-0.05, 0) is 47.9 Å². The Balaban J connectivity index is 2.25. The Labute approximate surface area is 152 Å². The summed E-state index contributed by atoms with van der Waals surface area (Å²) < 4.78 is 84.3. The monoisotopic (exact) mass is 386 g/mol. The van der Waals surface area contributed by atoms with E-state index >= 15 is 0 Å². The number of benzene rings is 2. The lowest BCUT2D eigenvalue weighted by molar-refractivity contribution is 0.200. The highest BCUT2D eigenvalue weighted by molar-refractivity contribution is 5.70. The number of alkyl halides is 2. The summed E-state index contributed by atoms with van der Waals surface area (Å²) in [6.07, 6.45) is 1.41. The van der Waals surface area contributed by atoms with Gasteiger partial charge in [0.2, 0.25) is 0 Å². The number of ether oxygens (including phenoxy) is 1. The van der Waals surface area contributed by atoms with E-state index in [2.05, 4.69) is 4.74 Å². The lowest BCUT2D eigenvalue weighted by atomic mass is 10.0. The molecule has 0 aromatic heterocycles. The second-order valence-electron chi connectivity index (χ2n) is 5.65. The number of hydrogen-bond acceptors (Lipinski definition) is 1. The van der Waals surface area contributed by atoms with E-state index in [-0.39, 0.29) is 11.1 Å². The van der Waals surface area contributed by atoms with Crippen molar-refractivity contribution in [3.63, 3.8) is 0 Å². The minimum absolute atomic E-state index is 0.0216. The predicted octanol–water partition coefficient (Wildman–Crippen LogP) is 6.52. The van der Waals surface area contributed by atoms with Gasteiger partial charge in [-0.1, -0.05) is 19.4 Å². The van der Waals surface area contributed by atoms with Gasteiger partial charge >= 0.3 is 0 Å². The summed E-state index contributed by atoms with van der Waals surface area (Å²) in [5.41, 5.74) is 0.155. The highest BCUT2D eigenvalue weighted by atomic mass is 19.3. The predicted molar refractivity (Wildman–Crippen MR) is 91.4 cm³/mol.